The van der Waals surface area contributed by atoms with Crippen molar-refractivity contribution in [2.24, 2.45) is 0 Å². The van der Waals surface area contributed by atoms with Crippen molar-refractivity contribution in [3.8, 4) is 0 Å². The molecule has 2 aromatic carbocycles. The van der Waals surface area contributed by atoms with Crippen LogP contribution in [0.25, 0.3) is 0 Å². The smallest absolute Gasteiger partial charge is 0.255 e. The minimum Gasteiger partial charge on any atom is -0.321 e. The molecule has 0 fully saturated rings. The lowest BCUT2D eigenvalue weighted by Crippen LogP contribution is -2.14. The number of amides is 1. The lowest BCUT2D eigenvalue weighted by atomic mass is 10.1. The van der Waals surface area contributed by atoms with E-state index < -0.39 is 0 Å². The third kappa shape index (κ3) is 2.90. The third-order valence-corrected chi connectivity index (χ3v) is 3.65. The molecule has 0 aliphatic heterocycles. The van der Waals surface area contributed by atoms with E-state index >= 15 is 0 Å². The highest BCUT2D eigenvalue weighted by atomic mass is 127. The van der Waals surface area contributed by atoms with Crippen LogP contribution in [0, 0.1) is 17.4 Å². The van der Waals surface area contributed by atoms with Gasteiger partial charge in [0.05, 0.1) is 5.69 Å². The van der Waals surface area contributed by atoms with E-state index in [0.29, 0.717) is 5.56 Å². The van der Waals surface area contributed by atoms with E-state index in [0.717, 1.165) is 14.8 Å². The second kappa shape index (κ2) is 5.52. The van der Waals surface area contributed by atoms with E-state index in [9.17, 15) is 4.79 Å². The Balaban J connectivity index is 2.24. The molecule has 2 rings (SSSR count). The van der Waals surface area contributed by atoms with E-state index in [1.54, 1.807) is 0 Å². The van der Waals surface area contributed by atoms with Crippen LogP contribution < -0.4 is 5.32 Å². The highest BCUT2D eigenvalue weighted by Gasteiger charge is 2.09. The molecule has 0 aliphatic rings. The van der Waals surface area contributed by atoms with Gasteiger partial charge in [0, 0.05) is 9.13 Å². The highest BCUT2D eigenvalue weighted by molar-refractivity contribution is 14.1. The quantitative estimate of drug-likeness (QED) is 0.809. The molecule has 1 amide bonds. The SMILES string of the molecule is Cc1ccc(NC(=O)c2ccccc2C)c(I)c1. The molecule has 92 valence electrons. The molecule has 0 aliphatic carbocycles. The van der Waals surface area contributed by atoms with Gasteiger partial charge in [0.15, 0.2) is 0 Å². The molecule has 0 radical (unpaired) electrons. The van der Waals surface area contributed by atoms with Crippen molar-refractivity contribution < 1.29 is 4.79 Å². The van der Waals surface area contributed by atoms with Crippen molar-refractivity contribution in [1.29, 1.82) is 0 Å². The van der Waals surface area contributed by atoms with E-state index in [-0.39, 0.29) is 5.91 Å². The number of nitrogens with one attached hydrogen (secondary N) is 1. The summed E-state index contributed by atoms with van der Waals surface area (Å²) in [6, 6.07) is 13.6. The summed E-state index contributed by atoms with van der Waals surface area (Å²) in [6.07, 6.45) is 0. The van der Waals surface area contributed by atoms with Crippen LogP contribution in [0.3, 0.4) is 0 Å². The van der Waals surface area contributed by atoms with E-state index in [1.807, 2.05) is 56.3 Å². The lowest BCUT2D eigenvalue weighted by Gasteiger charge is -2.09. The molecule has 3 heteroatoms. The largest absolute Gasteiger partial charge is 0.321 e. The summed E-state index contributed by atoms with van der Waals surface area (Å²) in [4.78, 5) is 12.2. The number of rotatable bonds is 2. The van der Waals surface area contributed by atoms with E-state index in [1.165, 1.54) is 5.56 Å². The molecule has 0 saturated carbocycles. The summed E-state index contributed by atoms with van der Waals surface area (Å²) in [7, 11) is 0. The van der Waals surface area contributed by atoms with Crippen LogP contribution in [0.5, 0.6) is 0 Å². The monoisotopic (exact) mass is 351 g/mol. The number of carbonyl (C=O) groups is 1. The predicted molar refractivity (Wildman–Crippen MR) is 83.0 cm³/mol. The van der Waals surface area contributed by atoms with Gasteiger partial charge >= 0.3 is 0 Å². The van der Waals surface area contributed by atoms with Crippen LogP contribution in [0.4, 0.5) is 5.69 Å². The molecule has 0 unspecified atom stereocenters. The molecule has 1 N–H and O–H groups in total. The molecular formula is C15H14INO. The Bertz CT molecular complexity index is 593. The zero-order chi connectivity index (χ0) is 13.1. The summed E-state index contributed by atoms with van der Waals surface area (Å²) >= 11 is 2.23. The van der Waals surface area contributed by atoms with Crippen LogP contribution in [-0.4, -0.2) is 5.91 Å². The van der Waals surface area contributed by atoms with Crippen molar-refractivity contribution in [3.05, 3.63) is 62.7 Å². The first-order chi connectivity index (χ1) is 8.58. The number of anilines is 1. The summed E-state index contributed by atoms with van der Waals surface area (Å²) in [5.41, 5.74) is 3.74. The van der Waals surface area contributed by atoms with Gasteiger partial charge in [-0.3, -0.25) is 4.79 Å². The summed E-state index contributed by atoms with van der Waals surface area (Å²) in [6.45, 7) is 3.98. The van der Waals surface area contributed by atoms with Gasteiger partial charge in [-0.05, 0) is 65.8 Å². The van der Waals surface area contributed by atoms with Crippen LogP contribution in [0.1, 0.15) is 21.5 Å². The fourth-order valence-corrected chi connectivity index (χ4v) is 2.54. The van der Waals surface area contributed by atoms with Gasteiger partial charge in [-0.15, -0.1) is 0 Å². The zero-order valence-corrected chi connectivity index (χ0v) is 12.5. The van der Waals surface area contributed by atoms with Gasteiger partial charge in [0.25, 0.3) is 5.91 Å². The number of benzene rings is 2. The van der Waals surface area contributed by atoms with Crippen molar-refractivity contribution in [1.82, 2.24) is 0 Å². The van der Waals surface area contributed by atoms with Crippen LogP contribution >= 0.6 is 22.6 Å². The lowest BCUT2D eigenvalue weighted by molar-refractivity contribution is 0.102. The maximum Gasteiger partial charge on any atom is 0.255 e. The molecule has 0 bridgehead atoms. The average molecular weight is 351 g/mol. The second-order valence-corrected chi connectivity index (χ2v) is 5.41. The summed E-state index contributed by atoms with van der Waals surface area (Å²) < 4.78 is 1.05. The maximum atomic E-state index is 12.2. The zero-order valence-electron chi connectivity index (χ0n) is 10.3. The molecule has 0 spiro atoms. The summed E-state index contributed by atoms with van der Waals surface area (Å²) in [5, 5.41) is 2.95. The van der Waals surface area contributed by atoms with Gasteiger partial charge in [-0.1, -0.05) is 24.3 Å². The van der Waals surface area contributed by atoms with Crippen LogP contribution in [0.15, 0.2) is 42.5 Å². The van der Waals surface area contributed by atoms with Gasteiger partial charge in [-0.25, -0.2) is 0 Å². The van der Waals surface area contributed by atoms with Gasteiger partial charge in [-0.2, -0.15) is 0 Å². The van der Waals surface area contributed by atoms with E-state index in [2.05, 4.69) is 27.9 Å². The third-order valence-electron chi connectivity index (χ3n) is 2.76. The van der Waals surface area contributed by atoms with Crippen molar-refractivity contribution >= 4 is 34.2 Å². The molecule has 2 nitrogen and oxygen atoms in total. The molecule has 18 heavy (non-hydrogen) atoms. The molecular weight excluding hydrogens is 337 g/mol. The average Bonchev–Trinajstić information content (AvgIpc) is 2.33. The van der Waals surface area contributed by atoms with Gasteiger partial charge in [0.1, 0.15) is 0 Å². The Labute approximate surface area is 121 Å². The standard InChI is InChI=1S/C15H14INO/c1-10-7-8-14(13(16)9-10)17-15(18)12-6-4-3-5-11(12)2/h3-9H,1-2H3,(H,17,18). The Kier molecular flexibility index (Phi) is 4.01. The molecule has 0 heterocycles. The molecule has 0 atom stereocenters. The fourth-order valence-electron chi connectivity index (χ4n) is 1.74. The Hall–Kier alpha value is -1.36. The first-order valence-corrected chi connectivity index (χ1v) is 6.79. The van der Waals surface area contributed by atoms with Gasteiger partial charge < -0.3 is 5.32 Å². The molecule has 0 aromatic heterocycles. The van der Waals surface area contributed by atoms with Gasteiger partial charge in [0.2, 0.25) is 0 Å². The number of hydrogen-bond donors (Lipinski definition) is 1. The second-order valence-electron chi connectivity index (χ2n) is 4.25. The fraction of sp³-hybridized carbons (Fsp3) is 0.133. The normalized spacial score (nSPS) is 10.2. The Morgan fingerprint density at radius 3 is 2.50 bits per heavy atom. The van der Waals surface area contributed by atoms with Crippen molar-refractivity contribution in [2.75, 3.05) is 5.32 Å². The number of carbonyl (C=O) groups excluding carboxylic acids is 1. The van der Waals surface area contributed by atoms with E-state index in [4.69, 9.17) is 0 Å². The van der Waals surface area contributed by atoms with Crippen molar-refractivity contribution in [2.45, 2.75) is 13.8 Å². The predicted octanol–water partition coefficient (Wildman–Crippen LogP) is 4.16. The topological polar surface area (TPSA) is 29.1 Å². The number of aryl methyl sites for hydroxylation is 2. The number of hydrogen-bond acceptors (Lipinski definition) is 1. The highest BCUT2D eigenvalue weighted by Crippen LogP contribution is 2.20. The molecule has 2 aromatic rings. The summed E-state index contributed by atoms with van der Waals surface area (Å²) in [5.74, 6) is -0.0603. The number of halogens is 1. The molecule has 0 saturated heterocycles. The van der Waals surface area contributed by atoms with Crippen LogP contribution in [-0.2, 0) is 0 Å². The van der Waals surface area contributed by atoms with Crippen molar-refractivity contribution in [3.63, 3.8) is 0 Å². The Morgan fingerprint density at radius 2 is 1.83 bits per heavy atom. The first-order valence-electron chi connectivity index (χ1n) is 5.71. The minimum absolute atomic E-state index is 0.0603. The maximum absolute atomic E-state index is 12.2. The van der Waals surface area contributed by atoms with Crippen LogP contribution in [0.2, 0.25) is 0 Å². The minimum atomic E-state index is -0.0603. The Morgan fingerprint density at radius 1 is 1.11 bits per heavy atom. The first kappa shape index (κ1) is 13.1.